The van der Waals surface area contributed by atoms with E-state index >= 15 is 0 Å². The molecule has 1 aromatic rings. The van der Waals surface area contributed by atoms with Gasteiger partial charge in [-0.2, -0.15) is 0 Å². The van der Waals surface area contributed by atoms with Gasteiger partial charge in [0, 0.05) is 6.07 Å². The van der Waals surface area contributed by atoms with E-state index in [4.69, 9.17) is 14.2 Å². The molecule has 0 atom stereocenters. The van der Waals surface area contributed by atoms with Crippen molar-refractivity contribution < 1.29 is 22.6 Å². The second-order valence-corrected chi connectivity index (χ2v) is 6.25. The molecule has 90 valence electrons. The van der Waals surface area contributed by atoms with E-state index in [1.54, 1.807) is 18.2 Å². The lowest BCUT2D eigenvalue weighted by molar-refractivity contribution is 0.174. The van der Waals surface area contributed by atoms with Crippen LogP contribution in [0.5, 0.6) is 17.2 Å². The molecule has 2 heterocycles. The summed E-state index contributed by atoms with van der Waals surface area (Å²) >= 11 is 1.05. The first-order valence-corrected chi connectivity index (χ1v) is 7.25. The quantitative estimate of drug-likeness (QED) is 0.765. The van der Waals surface area contributed by atoms with Crippen molar-refractivity contribution in [2.45, 2.75) is 0 Å². The normalized spacial score (nSPS) is 20.1. The smallest absolute Gasteiger partial charge is 0.268 e. The number of benzene rings is 1. The number of hydrogen-bond acceptors (Lipinski definition) is 6. The van der Waals surface area contributed by atoms with Crippen LogP contribution in [-0.2, 0) is 10.0 Å². The van der Waals surface area contributed by atoms with Crippen LogP contribution in [0.4, 0.5) is 0 Å². The Morgan fingerprint density at radius 2 is 2.12 bits per heavy atom. The minimum atomic E-state index is -3.36. The Hall–Kier alpha value is -1.41. The van der Waals surface area contributed by atoms with Crippen LogP contribution in [0, 0.1) is 0 Å². The number of ether oxygens (including phenoxy) is 3. The molecule has 0 N–H and O–H groups in total. The molecular formula is C9H7NO5S2. The minimum Gasteiger partial charge on any atom is -0.454 e. The van der Waals surface area contributed by atoms with Crippen LogP contribution in [0.2, 0.25) is 0 Å². The molecule has 1 aromatic carbocycles. The van der Waals surface area contributed by atoms with Crippen molar-refractivity contribution >= 4 is 27.0 Å². The first-order chi connectivity index (χ1) is 8.12. The van der Waals surface area contributed by atoms with E-state index in [9.17, 15) is 8.42 Å². The third-order valence-corrected chi connectivity index (χ3v) is 4.74. The molecule has 0 unspecified atom stereocenters. The van der Waals surface area contributed by atoms with Gasteiger partial charge in [-0.3, -0.25) is 0 Å². The van der Waals surface area contributed by atoms with Crippen LogP contribution in [-0.4, -0.2) is 25.5 Å². The second-order valence-electron chi connectivity index (χ2n) is 3.32. The Morgan fingerprint density at radius 1 is 1.29 bits per heavy atom. The average Bonchev–Trinajstić information content (AvgIpc) is 2.84. The van der Waals surface area contributed by atoms with Crippen LogP contribution in [0.15, 0.2) is 22.6 Å². The Labute approximate surface area is 102 Å². The first kappa shape index (κ1) is 10.7. The van der Waals surface area contributed by atoms with Crippen LogP contribution < -0.4 is 14.2 Å². The third kappa shape index (κ3) is 2.18. The van der Waals surface area contributed by atoms with Gasteiger partial charge < -0.3 is 14.2 Å². The predicted octanol–water partition coefficient (Wildman–Crippen LogP) is 1.18. The molecule has 0 aliphatic carbocycles. The van der Waals surface area contributed by atoms with Gasteiger partial charge in [0.1, 0.15) is 10.8 Å². The van der Waals surface area contributed by atoms with Crippen molar-refractivity contribution in [2.75, 3.05) is 11.9 Å². The molecule has 0 fully saturated rings. The molecule has 6 nitrogen and oxygen atoms in total. The first-order valence-electron chi connectivity index (χ1n) is 4.65. The van der Waals surface area contributed by atoms with E-state index < -0.39 is 10.0 Å². The van der Waals surface area contributed by atoms with Gasteiger partial charge in [0.2, 0.25) is 6.79 Å². The lowest BCUT2D eigenvalue weighted by Gasteiger charge is -2.03. The Bertz CT molecular complexity index is 595. The van der Waals surface area contributed by atoms with Crippen LogP contribution >= 0.6 is 11.8 Å². The number of fused-ring (bicyclic) bond motifs is 1. The second kappa shape index (κ2) is 3.81. The molecule has 0 aromatic heterocycles. The molecule has 3 rings (SSSR count). The topological polar surface area (TPSA) is 74.2 Å². The zero-order chi connectivity index (χ0) is 11.9. The highest BCUT2D eigenvalue weighted by Gasteiger charge is 2.23. The summed E-state index contributed by atoms with van der Waals surface area (Å²) in [6.45, 7) is 0.183. The fourth-order valence-corrected chi connectivity index (χ4v) is 3.56. The maximum atomic E-state index is 11.1. The van der Waals surface area contributed by atoms with Crippen LogP contribution in [0.3, 0.4) is 0 Å². The zero-order valence-electron chi connectivity index (χ0n) is 8.45. The Morgan fingerprint density at radius 3 is 2.88 bits per heavy atom. The molecule has 2 aliphatic heterocycles. The van der Waals surface area contributed by atoms with Gasteiger partial charge >= 0.3 is 0 Å². The molecular weight excluding hydrogens is 266 g/mol. The lowest BCUT2D eigenvalue weighted by atomic mass is 10.3. The number of hydrogen-bond donors (Lipinski definition) is 0. The number of sulfonamides is 1. The summed E-state index contributed by atoms with van der Waals surface area (Å²) in [7, 11) is -3.36. The molecule has 0 saturated carbocycles. The highest BCUT2D eigenvalue weighted by atomic mass is 32.3. The fraction of sp³-hybridized carbons (Fsp3) is 0.222. The maximum Gasteiger partial charge on any atom is 0.268 e. The van der Waals surface area contributed by atoms with E-state index in [2.05, 4.69) is 4.40 Å². The van der Waals surface area contributed by atoms with Gasteiger partial charge in [-0.1, -0.05) is 0 Å². The van der Waals surface area contributed by atoms with E-state index in [1.807, 2.05) is 0 Å². The van der Waals surface area contributed by atoms with Crippen molar-refractivity contribution in [3.63, 3.8) is 0 Å². The summed E-state index contributed by atoms with van der Waals surface area (Å²) in [4.78, 5) is 0. The van der Waals surface area contributed by atoms with Gasteiger partial charge in [-0.15, -0.1) is 4.40 Å². The largest absolute Gasteiger partial charge is 0.454 e. The van der Waals surface area contributed by atoms with Gasteiger partial charge in [-0.05, 0) is 23.9 Å². The Kier molecular flexibility index (Phi) is 2.40. The van der Waals surface area contributed by atoms with E-state index in [0.717, 1.165) is 11.8 Å². The summed E-state index contributed by atoms with van der Waals surface area (Å²) in [5.41, 5.74) is 0. The fourth-order valence-electron chi connectivity index (χ4n) is 1.38. The van der Waals surface area contributed by atoms with E-state index in [-0.39, 0.29) is 17.1 Å². The summed E-state index contributed by atoms with van der Waals surface area (Å²) in [6, 6.07) is 5.00. The number of rotatable bonds is 1. The van der Waals surface area contributed by atoms with Crippen molar-refractivity contribution in [1.82, 2.24) is 0 Å². The van der Waals surface area contributed by atoms with Crippen molar-refractivity contribution in [2.24, 2.45) is 4.40 Å². The summed E-state index contributed by atoms with van der Waals surface area (Å²) < 4.78 is 41.3. The minimum absolute atomic E-state index is 0.0765. The van der Waals surface area contributed by atoms with Gasteiger partial charge in [0.25, 0.3) is 15.3 Å². The molecule has 17 heavy (non-hydrogen) atoms. The summed E-state index contributed by atoms with van der Waals surface area (Å²) in [5, 5.41) is 0.0521. The van der Waals surface area contributed by atoms with Crippen LogP contribution in [0.1, 0.15) is 0 Å². The Balaban J connectivity index is 1.83. The van der Waals surface area contributed by atoms with Gasteiger partial charge in [-0.25, -0.2) is 8.42 Å². The van der Waals surface area contributed by atoms with Crippen molar-refractivity contribution in [3.8, 4) is 17.2 Å². The molecule has 0 radical (unpaired) electrons. The van der Waals surface area contributed by atoms with E-state index in [1.165, 1.54) is 0 Å². The molecule has 0 saturated heterocycles. The van der Waals surface area contributed by atoms with Crippen molar-refractivity contribution in [3.05, 3.63) is 18.2 Å². The summed E-state index contributed by atoms with van der Waals surface area (Å²) in [6.07, 6.45) is 0. The monoisotopic (exact) mass is 273 g/mol. The molecule has 2 aliphatic rings. The van der Waals surface area contributed by atoms with Crippen molar-refractivity contribution in [1.29, 1.82) is 0 Å². The summed E-state index contributed by atoms with van der Waals surface area (Å²) in [5.74, 6) is 1.69. The zero-order valence-corrected chi connectivity index (χ0v) is 10.1. The predicted molar refractivity (Wildman–Crippen MR) is 62.0 cm³/mol. The standard InChI is InChI=1S/C9H7NO5S2/c11-17(12)5-16-9(10-17)15-6-1-2-7-8(3-6)14-4-13-7/h1-3H,4-5H2. The molecule has 8 heteroatoms. The molecule has 0 spiro atoms. The van der Waals surface area contributed by atoms with Gasteiger partial charge in [0.05, 0.1) is 0 Å². The van der Waals surface area contributed by atoms with Gasteiger partial charge in [0.15, 0.2) is 11.5 Å². The maximum absolute atomic E-state index is 11.1. The van der Waals surface area contributed by atoms with E-state index in [0.29, 0.717) is 17.2 Å². The number of thioether (sulfide) groups is 1. The number of nitrogens with zero attached hydrogens (tertiary/aromatic N) is 1. The SMILES string of the molecule is O=S1(=O)CSC(Oc2ccc3c(c2)OCO3)=N1. The third-order valence-electron chi connectivity index (χ3n) is 2.09. The molecule has 0 bridgehead atoms. The van der Waals surface area contributed by atoms with Crippen LogP contribution in [0.25, 0.3) is 0 Å². The highest BCUT2D eigenvalue weighted by Crippen LogP contribution is 2.35. The highest BCUT2D eigenvalue weighted by molar-refractivity contribution is 8.24. The average molecular weight is 273 g/mol. The molecule has 0 amide bonds. The lowest BCUT2D eigenvalue weighted by Crippen LogP contribution is -2.00.